The maximum atomic E-state index is 5.77. The lowest BCUT2D eigenvalue weighted by atomic mass is 10.2. The van der Waals surface area contributed by atoms with E-state index >= 15 is 0 Å². The van der Waals surface area contributed by atoms with Crippen molar-refractivity contribution in [1.82, 2.24) is 15.1 Å². The Hall–Kier alpha value is -0.160. The highest BCUT2D eigenvalue weighted by Crippen LogP contribution is 2.07. The lowest BCUT2D eigenvalue weighted by molar-refractivity contribution is -0.0329. The Kier molecular flexibility index (Phi) is 7.77. The molecular formula is C13H29N3O. The Bertz CT molecular complexity index is 190. The van der Waals surface area contributed by atoms with Gasteiger partial charge in [-0.2, -0.15) is 0 Å². The highest BCUT2D eigenvalue weighted by Gasteiger charge is 2.19. The van der Waals surface area contributed by atoms with Crippen LogP contribution in [-0.4, -0.2) is 75.9 Å². The minimum Gasteiger partial charge on any atom is -0.376 e. The second-order valence-electron chi connectivity index (χ2n) is 4.99. The zero-order chi connectivity index (χ0) is 12.5. The van der Waals surface area contributed by atoms with Gasteiger partial charge in [0, 0.05) is 26.2 Å². The Balaban J connectivity index is 2.15. The molecule has 0 aromatic heterocycles. The number of nitrogens with zero attached hydrogens (tertiary/aromatic N) is 2. The van der Waals surface area contributed by atoms with Gasteiger partial charge in [0.2, 0.25) is 0 Å². The first-order valence-corrected chi connectivity index (χ1v) is 6.93. The maximum absolute atomic E-state index is 5.77. The molecule has 0 bridgehead atoms. The Labute approximate surface area is 106 Å². The molecule has 1 saturated heterocycles. The molecule has 1 atom stereocenters. The summed E-state index contributed by atoms with van der Waals surface area (Å²) in [6.45, 7) is 9.92. The number of ether oxygens (including phenoxy) is 1. The third-order valence-electron chi connectivity index (χ3n) is 3.34. The van der Waals surface area contributed by atoms with E-state index in [1.165, 1.54) is 26.1 Å². The van der Waals surface area contributed by atoms with Crippen molar-refractivity contribution in [2.75, 3.05) is 60.0 Å². The van der Waals surface area contributed by atoms with E-state index in [1.807, 2.05) is 7.05 Å². The molecule has 0 saturated carbocycles. The van der Waals surface area contributed by atoms with Crippen LogP contribution in [0, 0.1) is 0 Å². The average Bonchev–Trinajstić information content (AvgIpc) is 2.35. The van der Waals surface area contributed by atoms with Crippen LogP contribution in [0.15, 0.2) is 0 Å². The van der Waals surface area contributed by atoms with E-state index in [4.69, 9.17) is 4.74 Å². The van der Waals surface area contributed by atoms with Crippen LogP contribution in [0.4, 0.5) is 0 Å². The van der Waals surface area contributed by atoms with Gasteiger partial charge in [0.25, 0.3) is 0 Å². The molecule has 0 spiro atoms. The molecule has 1 aliphatic rings. The zero-order valence-electron chi connectivity index (χ0n) is 11.7. The molecule has 0 amide bonds. The summed E-state index contributed by atoms with van der Waals surface area (Å²) in [5, 5.41) is 3.19. The van der Waals surface area contributed by atoms with Gasteiger partial charge >= 0.3 is 0 Å². The Morgan fingerprint density at radius 3 is 2.94 bits per heavy atom. The molecular weight excluding hydrogens is 214 g/mol. The van der Waals surface area contributed by atoms with Crippen molar-refractivity contribution >= 4 is 0 Å². The monoisotopic (exact) mass is 243 g/mol. The lowest BCUT2D eigenvalue weighted by Gasteiger charge is -2.33. The van der Waals surface area contributed by atoms with Crippen LogP contribution < -0.4 is 5.32 Å². The fraction of sp³-hybridized carbons (Fsp3) is 1.00. The summed E-state index contributed by atoms with van der Waals surface area (Å²) in [5.74, 6) is 0. The highest BCUT2D eigenvalue weighted by atomic mass is 16.5. The maximum Gasteiger partial charge on any atom is 0.0714 e. The summed E-state index contributed by atoms with van der Waals surface area (Å²) in [6.07, 6.45) is 2.79. The van der Waals surface area contributed by atoms with E-state index in [9.17, 15) is 0 Å². The third kappa shape index (κ3) is 6.36. The number of nitrogens with one attached hydrogen (secondary N) is 1. The quantitative estimate of drug-likeness (QED) is 0.677. The summed E-state index contributed by atoms with van der Waals surface area (Å²) in [6, 6.07) is 0. The molecule has 1 rings (SSSR count). The van der Waals surface area contributed by atoms with E-state index in [0.717, 1.165) is 32.7 Å². The van der Waals surface area contributed by atoms with Crippen LogP contribution in [0.1, 0.15) is 19.8 Å². The summed E-state index contributed by atoms with van der Waals surface area (Å²) >= 11 is 0. The van der Waals surface area contributed by atoms with Gasteiger partial charge in [0.05, 0.1) is 12.7 Å². The Morgan fingerprint density at radius 1 is 1.41 bits per heavy atom. The Morgan fingerprint density at radius 2 is 2.24 bits per heavy atom. The van der Waals surface area contributed by atoms with Gasteiger partial charge in [-0.15, -0.1) is 0 Å². The van der Waals surface area contributed by atoms with Crippen molar-refractivity contribution < 1.29 is 4.74 Å². The molecule has 102 valence electrons. The smallest absolute Gasteiger partial charge is 0.0714 e. The first kappa shape index (κ1) is 14.9. The van der Waals surface area contributed by atoms with Crippen LogP contribution in [0.5, 0.6) is 0 Å². The number of rotatable bonds is 8. The van der Waals surface area contributed by atoms with Crippen LogP contribution in [0.25, 0.3) is 0 Å². The van der Waals surface area contributed by atoms with Crippen LogP contribution in [-0.2, 0) is 4.74 Å². The van der Waals surface area contributed by atoms with E-state index in [1.54, 1.807) is 0 Å². The van der Waals surface area contributed by atoms with Crippen molar-refractivity contribution in [2.24, 2.45) is 0 Å². The van der Waals surface area contributed by atoms with E-state index in [0.29, 0.717) is 6.10 Å². The predicted octanol–water partition coefficient (Wildman–Crippen LogP) is 0.639. The fourth-order valence-corrected chi connectivity index (χ4v) is 2.27. The molecule has 0 aromatic rings. The summed E-state index contributed by atoms with van der Waals surface area (Å²) in [7, 11) is 4.21. The first-order valence-electron chi connectivity index (χ1n) is 6.93. The molecule has 1 fully saturated rings. The number of hydrogen-bond donors (Lipinski definition) is 1. The van der Waals surface area contributed by atoms with Crippen molar-refractivity contribution in [1.29, 1.82) is 0 Å². The van der Waals surface area contributed by atoms with Gasteiger partial charge in [0.1, 0.15) is 0 Å². The minimum atomic E-state index is 0.424. The van der Waals surface area contributed by atoms with Gasteiger partial charge in [-0.25, -0.2) is 0 Å². The molecule has 0 unspecified atom stereocenters. The molecule has 4 heteroatoms. The second kappa shape index (κ2) is 8.86. The fourth-order valence-electron chi connectivity index (χ4n) is 2.27. The summed E-state index contributed by atoms with van der Waals surface area (Å²) in [5.41, 5.74) is 0. The average molecular weight is 243 g/mol. The van der Waals surface area contributed by atoms with E-state index in [-0.39, 0.29) is 0 Å². The number of likely N-dealkylation sites (N-methyl/N-ethyl adjacent to an activating group) is 1. The minimum absolute atomic E-state index is 0.424. The highest BCUT2D eigenvalue weighted by molar-refractivity contribution is 4.72. The topological polar surface area (TPSA) is 27.7 Å². The van der Waals surface area contributed by atoms with Crippen molar-refractivity contribution in [3.63, 3.8) is 0 Å². The largest absolute Gasteiger partial charge is 0.376 e. The zero-order valence-corrected chi connectivity index (χ0v) is 11.7. The lowest BCUT2D eigenvalue weighted by Crippen LogP contribution is -2.45. The van der Waals surface area contributed by atoms with Crippen molar-refractivity contribution in [3.8, 4) is 0 Å². The normalized spacial score (nSPS) is 22.2. The van der Waals surface area contributed by atoms with Gasteiger partial charge in [-0.05, 0) is 40.0 Å². The molecule has 1 aliphatic heterocycles. The van der Waals surface area contributed by atoms with Gasteiger partial charge in [-0.3, -0.25) is 4.90 Å². The van der Waals surface area contributed by atoms with Crippen molar-refractivity contribution in [3.05, 3.63) is 0 Å². The third-order valence-corrected chi connectivity index (χ3v) is 3.34. The van der Waals surface area contributed by atoms with Gasteiger partial charge in [-0.1, -0.05) is 6.92 Å². The van der Waals surface area contributed by atoms with Gasteiger partial charge in [0.15, 0.2) is 0 Å². The standard InChI is InChI=1S/C13H29N3O/c1-4-7-15(3)8-9-16-10-11-17-13(12-16)5-6-14-2/h13-14H,4-12H2,1-3H3/t13-/m1/s1. The molecule has 0 radical (unpaired) electrons. The summed E-state index contributed by atoms with van der Waals surface area (Å²) < 4.78 is 5.77. The van der Waals surface area contributed by atoms with Crippen LogP contribution in [0.3, 0.4) is 0 Å². The number of hydrogen-bond acceptors (Lipinski definition) is 4. The van der Waals surface area contributed by atoms with Crippen LogP contribution in [0.2, 0.25) is 0 Å². The van der Waals surface area contributed by atoms with Gasteiger partial charge < -0.3 is 15.0 Å². The van der Waals surface area contributed by atoms with E-state index < -0.39 is 0 Å². The molecule has 1 heterocycles. The first-order chi connectivity index (χ1) is 8.26. The van der Waals surface area contributed by atoms with E-state index in [2.05, 4.69) is 29.1 Å². The number of morpholine rings is 1. The molecule has 4 nitrogen and oxygen atoms in total. The predicted molar refractivity (Wildman–Crippen MR) is 72.5 cm³/mol. The molecule has 0 aromatic carbocycles. The molecule has 17 heavy (non-hydrogen) atoms. The van der Waals surface area contributed by atoms with Crippen LogP contribution >= 0.6 is 0 Å². The molecule has 0 aliphatic carbocycles. The summed E-state index contributed by atoms with van der Waals surface area (Å²) in [4.78, 5) is 4.95. The second-order valence-corrected chi connectivity index (χ2v) is 4.99. The molecule has 1 N–H and O–H groups in total. The SMILES string of the molecule is CCCN(C)CCN1CCO[C@H](CCNC)C1. The van der Waals surface area contributed by atoms with Crippen molar-refractivity contribution in [2.45, 2.75) is 25.9 Å².